The average Bonchev–Trinajstić information content (AvgIpc) is 3.29. The van der Waals surface area contributed by atoms with Gasteiger partial charge in [0.1, 0.15) is 0 Å². The van der Waals surface area contributed by atoms with Crippen molar-refractivity contribution in [1.82, 2.24) is 20.1 Å². The molecular weight excluding hydrogens is 494 g/mol. The van der Waals surface area contributed by atoms with E-state index in [1.807, 2.05) is 88.6 Å². The van der Waals surface area contributed by atoms with Gasteiger partial charge >= 0.3 is 0 Å². The van der Waals surface area contributed by atoms with E-state index in [2.05, 4.69) is 33.0 Å². The van der Waals surface area contributed by atoms with Gasteiger partial charge in [0, 0.05) is 11.3 Å². The minimum atomic E-state index is -0.175. The number of anilines is 1. The highest BCUT2D eigenvalue weighted by Crippen LogP contribution is 2.26. The van der Waals surface area contributed by atoms with Gasteiger partial charge in [-0.1, -0.05) is 42.1 Å². The lowest BCUT2D eigenvalue weighted by Crippen LogP contribution is -2.25. The van der Waals surface area contributed by atoms with Gasteiger partial charge in [0.05, 0.1) is 18.0 Å². The van der Waals surface area contributed by atoms with Crippen molar-refractivity contribution in [2.75, 3.05) is 11.1 Å². The summed E-state index contributed by atoms with van der Waals surface area (Å²) in [6.45, 7) is 12.2. The number of aromatic nitrogens is 3. The first-order valence-electron chi connectivity index (χ1n) is 12.5. The van der Waals surface area contributed by atoms with Crippen LogP contribution < -0.4 is 10.6 Å². The zero-order valence-electron chi connectivity index (χ0n) is 22.7. The van der Waals surface area contributed by atoms with Gasteiger partial charge in [-0.25, -0.2) is 0 Å². The molecule has 0 radical (unpaired) electrons. The van der Waals surface area contributed by atoms with Crippen LogP contribution in [-0.4, -0.2) is 32.3 Å². The first-order valence-corrected chi connectivity index (χ1v) is 13.5. The lowest BCUT2D eigenvalue weighted by Gasteiger charge is -2.14. The highest BCUT2D eigenvalue weighted by atomic mass is 32.2. The number of nitrogens with zero attached hydrogens (tertiary/aromatic N) is 3. The second-order valence-electron chi connectivity index (χ2n) is 9.66. The molecule has 0 fully saturated rings. The Labute approximate surface area is 228 Å². The van der Waals surface area contributed by atoms with Crippen LogP contribution in [0.25, 0.3) is 5.69 Å². The molecule has 1 aromatic heterocycles. The van der Waals surface area contributed by atoms with Crippen LogP contribution >= 0.6 is 11.8 Å². The van der Waals surface area contributed by atoms with Crippen molar-refractivity contribution in [3.05, 3.63) is 99.4 Å². The van der Waals surface area contributed by atoms with E-state index in [0.717, 1.165) is 44.8 Å². The number of carbonyl (C=O) groups excluding carboxylic acids is 2. The van der Waals surface area contributed by atoms with Gasteiger partial charge in [0.25, 0.3) is 5.91 Å². The summed E-state index contributed by atoms with van der Waals surface area (Å²) >= 11 is 1.31. The zero-order chi connectivity index (χ0) is 27.4. The molecule has 1 heterocycles. The Balaban J connectivity index is 1.55. The highest BCUT2D eigenvalue weighted by Gasteiger charge is 2.19. The molecule has 8 heteroatoms. The number of hydrogen-bond donors (Lipinski definition) is 2. The van der Waals surface area contributed by atoms with Crippen molar-refractivity contribution in [1.29, 1.82) is 0 Å². The molecule has 0 atom stereocenters. The van der Waals surface area contributed by atoms with Gasteiger partial charge in [-0.15, -0.1) is 10.2 Å². The number of carbonyl (C=O) groups is 2. The van der Waals surface area contributed by atoms with E-state index >= 15 is 0 Å². The standard InChI is InChI=1S/C30H33N5O2S/c1-18-7-9-21(4)25(13-18)32-28(36)17-38-30-34-33-27(35(30)26-14-19(2)8-10-22(26)5)16-31-29(37)24-12-11-20(3)23(6)15-24/h7-15H,16-17H2,1-6H3,(H,31,37)(H,32,36). The van der Waals surface area contributed by atoms with Crippen LogP contribution in [0.1, 0.15) is 49.6 Å². The molecular formula is C30H33N5O2S. The van der Waals surface area contributed by atoms with Crippen LogP contribution in [0.3, 0.4) is 0 Å². The summed E-state index contributed by atoms with van der Waals surface area (Å²) in [6.07, 6.45) is 0. The van der Waals surface area contributed by atoms with Gasteiger partial charge in [-0.2, -0.15) is 0 Å². The maximum Gasteiger partial charge on any atom is 0.251 e. The summed E-state index contributed by atoms with van der Waals surface area (Å²) in [5.41, 5.74) is 8.75. The molecule has 0 unspecified atom stereocenters. The summed E-state index contributed by atoms with van der Waals surface area (Å²) < 4.78 is 1.93. The molecule has 3 aromatic carbocycles. The fourth-order valence-corrected chi connectivity index (χ4v) is 4.81. The van der Waals surface area contributed by atoms with Gasteiger partial charge < -0.3 is 10.6 Å². The summed E-state index contributed by atoms with van der Waals surface area (Å²) in [7, 11) is 0. The van der Waals surface area contributed by atoms with E-state index in [9.17, 15) is 9.59 Å². The Bertz CT molecular complexity index is 1510. The lowest BCUT2D eigenvalue weighted by molar-refractivity contribution is -0.113. The summed E-state index contributed by atoms with van der Waals surface area (Å²) in [5, 5.41) is 15.4. The number of amides is 2. The first kappa shape index (κ1) is 27.1. The SMILES string of the molecule is Cc1ccc(C)c(NC(=O)CSc2nnc(CNC(=O)c3ccc(C)c(C)c3)n2-c2cc(C)ccc2C)c1. The summed E-state index contributed by atoms with van der Waals surface area (Å²) in [5.74, 6) is 0.466. The number of rotatable bonds is 8. The summed E-state index contributed by atoms with van der Waals surface area (Å²) in [6, 6.07) is 17.8. The Kier molecular flexibility index (Phi) is 8.32. The van der Waals surface area contributed by atoms with Crippen molar-refractivity contribution in [2.24, 2.45) is 0 Å². The molecule has 196 valence electrons. The largest absolute Gasteiger partial charge is 0.345 e. The van der Waals surface area contributed by atoms with Crippen LogP contribution in [-0.2, 0) is 11.3 Å². The molecule has 0 aliphatic carbocycles. The van der Waals surface area contributed by atoms with Gasteiger partial charge in [-0.3, -0.25) is 14.2 Å². The van der Waals surface area contributed by atoms with E-state index in [4.69, 9.17) is 0 Å². The minimum absolute atomic E-state index is 0.121. The van der Waals surface area contributed by atoms with E-state index < -0.39 is 0 Å². The normalized spacial score (nSPS) is 10.9. The molecule has 7 nitrogen and oxygen atoms in total. The number of hydrogen-bond acceptors (Lipinski definition) is 5. The Morgan fingerprint density at radius 3 is 2.21 bits per heavy atom. The van der Waals surface area contributed by atoms with E-state index in [-0.39, 0.29) is 24.1 Å². The van der Waals surface area contributed by atoms with Crippen LogP contribution in [0.5, 0.6) is 0 Å². The third kappa shape index (κ3) is 6.31. The molecule has 2 amide bonds. The third-order valence-electron chi connectivity index (χ3n) is 6.48. The summed E-state index contributed by atoms with van der Waals surface area (Å²) in [4.78, 5) is 25.7. The molecule has 38 heavy (non-hydrogen) atoms. The van der Waals surface area contributed by atoms with Crippen LogP contribution in [0.2, 0.25) is 0 Å². The van der Waals surface area contributed by atoms with Gasteiger partial charge in [0.2, 0.25) is 5.91 Å². The number of aryl methyl sites for hydroxylation is 6. The first-order chi connectivity index (χ1) is 18.1. The van der Waals surface area contributed by atoms with Gasteiger partial charge in [0.15, 0.2) is 11.0 Å². The molecule has 0 saturated heterocycles. The molecule has 0 bridgehead atoms. The van der Waals surface area contributed by atoms with Crippen molar-refractivity contribution in [3.63, 3.8) is 0 Å². The molecule has 0 spiro atoms. The van der Waals surface area contributed by atoms with Crippen LogP contribution in [0, 0.1) is 41.5 Å². The highest BCUT2D eigenvalue weighted by molar-refractivity contribution is 7.99. The number of benzene rings is 3. The number of nitrogens with one attached hydrogen (secondary N) is 2. The smallest absolute Gasteiger partial charge is 0.251 e. The lowest BCUT2D eigenvalue weighted by atomic mass is 10.1. The van der Waals surface area contributed by atoms with Gasteiger partial charge in [-0.05, 0) is 99.2 Å². The van der Waals surface area contributed by atoms with E-state index in [1.165, 1.54) is 11.8 Å². The fourth-order valence-electron chi connectivity index (χ4n) is 4.04. The molecule has 0 aliphatic rings. The van der Waals surface area contributed by atoms with Crippen molar-refractivity contribution >= 4 is 29.3 Å². The second-order valence-corrected chi connectivity index (χ2v) is 10.6. The Morgan fingerprint density at radius 2 is 1.47 bits per heavy atom. The van der Waals surface area contributed by atoms with Crippen molar-refractivity contribution in [2.45, 2.75) is 53.2 Å². The monoisotopic (exact) mass is 527 g/mol. The molecule has 4 aromatic rings. The van der Waals surface area contributed by atoms with Crippen LogP contribution in [0.15, 0.2) is 59.8 Å². The third-order valence-corrected chi connectivity index (χ3v) is 7.41. The second kappa shape index (κ2) is 11.6. The molecule has 0 aliphatic heterocycles. The number of thioether (sulfide) groups is 1. The van der Waals surface area contributed by atoms with Crippen molar-refractivity contribution in [3.8, 4) is 5.69 Å². The molecule has 0 saturated carbocycles. The predicted octanol–water partition coefficient (Wildman–Crippen LogP) is 5.78. The minimum Gasteiger partial charge on any atom is -0.345 e. The molecule has 2 N–H and O–H groups in total. The quantitative estimate of drug-likeness (QED) is 0.284. The molecule has 4 rings (SSSR count). The van der Waals surface area contributed by atoms with Crippen molar-refractivity contribution < 1.29 is 9.59 Å². The van der Waals surface area contributed by atoms with Crippen LogP contribution in [0.4, 0.5) is 5.69 Å². The topological polar surface area (TPSA) is 88.9 Å². The average molecular weight is 528 g/mol. The zero-order valence-corrected chi connectivity index (χ0v) is 23.5. The Hall–Kier alpha value is -3.91. The predicted molar refractivity (Wildman–Crippen MR) is 153 cm³/mol. The maximum absolute atomic E-state index is 12.9. The van der Waals surface area contributed by atoms with E-state index in [1.54, 1.807) is 0 Å². The fraction of sp³-hybridized carbons (Fsp3) is 0.267. The maximum atomic E-state index is 12.9. The van der Waals surface area contributed by atoms with E-state index in [0.29, 0.717) is 16.5 Å². The Morgan fingerprint density at radius 1 is 0.789 bits per heavy atom.